The molecule has 0 radical (unpaired) electrons. The van der Waals surface area contributed by atoms with Gasteiger partial charge < -0.3 is 4.74 Å². The number of hydrogen-bond donors (Lipinski definition) is 0. The Hall–Kier alpha value is -1.97. The third-order valence-electron chi connectivity index (χ3n) is 1.71. The van der Waals surface area contributed by atoms with Crippen molar-refractivity contribution in [3.8, 4) is 12.1 Å². The molecule has 0 amide bonds. The number of hydrogen-bond acceptors (Lipinski definition) is 8. The Balaban J connectivity index is 3.91. The zero-order chi connectivity index (χ0) is 15.1. The standard InChI is InChI=1S/C12H16N2O6/c1-2-12(15)16-9-11(20-18-8-4-6-14)10-19-17-7-3-5-13/h2,11H,1,3-4,7-10H2. The van der Waals surface area contributed by atoms with Crippen molar-refractivity contribution in [1.82, 2.24) is 0 Å². The van der Waals surface area contributed by atoms with Gasteiger partial charge in [0.15, 0.2) is 6.10 Å². The maximum atomic E-state index is 10.9. The van der Waals surface area contributed by atoms with Crippen LogP contribution in [-0.2, 0) is 29.1 Å². The lowest BCUT2D eigenvalue weighted by Crippen LogP contribution is -2.27. The van der Waals surface area contributed by atoms with Crippen LogP contribution in [0.25, 0.3) is 0 Å². The van der Waals surface area contributed by atoms with E-state index in [0.29, 0.717) is 0 Å². The Kier molecular flexibility index (Phi) is 12.1. The molecule has 0 spiro atoms. The number of carbonyl (C=O) groups excluding carboxylic acids is 1. The van der Waals surface area contributed by atoms with Gasteiger partial charge in [-0.15, -0.1) is 0 Å². The van der Waals surface area contributed by atoms with Crippen LogP contribution in [0.4, 0.5) is 0 Å². The molecule has 110 valence electrons. The Morgan fingerprint density at radius 3 is 2.35 bits per heavy atom. The minimum Gasteiger partial charge on any atom is -0.460 e. The zero-order valence-electron chi connectivity index (χ0n) is 10.9. The third kappa shape index (κ3) is 11.1. The van der Waals surface area contributed by atoms with E-state index in [9.17, 15) is 4.79 Å². The van der Waals surface area contributed by atoms with E-state index in [1.54, 1.807) is 0 Å². The number of esters is 1. The number of rotatable bonds is 12. The molecular formula is C12H16N2O6. The summed E-state index contributed by atoms with van der Waals surface area (Å²) in [6, 6.07) is 3.76. The van der Waals surface area contributed by atoms with E-state index >= 15 is 0 Å². The Bertz CT molecular complexity index is 360. The molecule has 8 nitrogen and oxygen atoms in total. The fraction of sp³-hybridized carbons (Fsp3) is 0.583. The largest absolute Gasteiger partial charge is 0.460 e. The molecule has 0 aliphatic carbocycles. The normalized spacial score (nSPS) is 11.1. The molecule has 0 saturated carbocycles. The summed E-state index contributed by atoms with van der Waals surface area (Å²) in [5.74, 6) is -0.610. The van der Waals surface area contributed by atoms with E-state index in [4.69, 9.17) is 34.8 Å². The van der Waals surface area contributed by atoms with Crippen molar-refractivity contribution in [2.75, 3.05) is 26.4 Å². The van der Waals surface area contributed by atoms with Crippen LogP contribution in [0.15, 0.2) is 12.7 Å². The first-order valence-electron chi connectivity index (χ1n) is 5.80. The highest BCUT2D eigenvalue weighted by molar-refractivity contribution is 5.81. The van der Waals surface area contributed by atoms with Crippen molar-refractivity contribution < 1.29 is 29.1 Å². The summed E-state index contributed by atoms with van der Waals surface area (Å²) < 4.78 is 4.77. The van der Waals surface area contributed by atoms with E-state index in [-0.39, 0.29) is 39.3 Å². The highest BCUT2D eigenvalue weighted by atomic mass is 17.2. The Labute approximate surface area is 116 Å². The molecule has 0 aliphatic heterocycles. The molecule has 0 saturated heterocycles. The van der Waals surface area contributed by atoms with Crippen LogP contribution in [0.1, 0.15) is 12.8 Å². The van der Waals surface area contributed by atoms with Gasteiger partial charge in [-0.25, -0.2) is 24.3 Å². The van der Waals surface area contributed by atoms with Crippen LogP contribution in [0.3, 0.4) is 0 Å². The van der Waals surface area contributed by atoms with Crippen LogP contribution < -0.4 is 0 Å². The van der Waals surface area contributed by atoms with Gasteiger partial charge >= 0.3 is 5.97 Å². The summed E-state index contributed by atoms with van der Waals surface area (Å²) in [6.45, 7) is 3.26. The first-order chi connectivity index (χ1) is 9.74. The summed E-state index contributed by atoms with van der Waals surface area (Å²) in [6.07, 6.45) is 0.645. The minimum absolute atomic E-state index is 0.0671. The molecule has 0 aromatic rings. The molecule has 8 heteroatoms. The maximum Gasteiger partial charge on any atom is 0.330 e. The molecule has 0 N–H and O–H groups in total. The van der Waals surface area contributed by atoms with Crippen molar-refractivity contribution >= 4 is 5.97 Å². The second-order valence-corrected chi connectivity index (χ2v) is 3.30. The zero-order valence-corrected chi connectivity index (χ0v) is 10.9. The van der Waals surface area contributed by atoms with E-state index in [1.165, 1.54) is 0 Å². The fourth-order valence-corrected chi connectivity index (χ4v) is 0.840. The van der Waals surface area contributed by atoms with Gasteiger partial charge in [0.2, 0.25) is 0 Å². The van der Waals surface area contributed by atoms with Crippen molar-refractivity contribution in [3.05, 3.63) is 12.7 Å². The van der Waals surface area contributed by atoms with E-state index in [0.717, 1.165) is 6.08 Å². The lowest BCUT2D eigenvalue weighted by Gasteiger charge is -2.15. The van der Waals surface area contributed by atoms with E-state index in [2.05, 4.69) is 6.58 Å². The Morgan fingerprint density at radius 2 is 1.75 bits per heavy atom. The highest BCUT2D eigenvalue weighted by Crippen LogP contribution is 1.99. The molecule has 0 heterocycles. The molecule has 1 atom stereocenters. The molecule has 0 aromatic carbocycles. The summed E-state index contributed by atoms with van der Waals surface area (Å²) in [5, 5.41) is 16.6. The van der Waals surface area contributed by atoms with Crippen molar-refractivity contribution in [3.63, 3.8) is 0 Å². The average Bonchev–Trinajstić information content (AvgIpc) is 2.47. The predicted molar refractivity (Wildman–Crippen MR) is 64.3 cm³/mol. The van der Waals surface area contributed by atoms with Gasteiger partial charge in [-0.3, -0.25) is 0 Å². The first kappa shape index (κ1) is 18.0. The van der Waals surface area contributed by atoms with Crippen LogP contribution in [-0.4, -0.2) is 38.5 Å². The average molecular weight is 284 g/mol. The lowest BCUT2D eigenvalue weighted by molar-refractivity contribution is -0.368. The van der Waals surface area contributed by atoms with Crippen LogP contribution in [0, 0.1) is 22.7 Å². The van der Waals surface area contributed by atoms with Crippen LogP contribution >= 0.6 is 0 Å². The molecule has 0 aromatic heterocycles. The predicted octanol–water partition coefficient (Wildman–Crippen LogP) is 0.808. The second kappa shape index (κ2) is 13.5. The van der Waals surface area contributed by atoms with Crippen molar-refractivity contribution in [2.45, 2.75) is 18.9 Å². The monoisotopic (exact) mass is 284 g/mol. The lowest BCUT2D eigenvalue weighted by atomic mass is 10.4. The summed E-state index contributed by atoms with van der Waals surface area (Å²) in [5.41, 5.74) is 0. The second-order valence-electron chi connectivity index (χ2n) is 3.30. The van der Waals surface area contributed by atoms with E-state index < -0.39 is 12.1 Å². The van der Waals surface area contributed by atoms with Gasteiger partial charge in [-0.1, -0.05) is 6.58 Å². The summed E-state index contributed by atoms with van der Waals surface area (Å²) >= 11 is 0. The van der Waals surface area contributed by atoms with Gasteiger partial charge in [0.25, 0.3) is 0 Å². The maximum absolute atomic E-state index is 10.9. The summed E-state index contributed by atoms with van der Waals surface area (Å²) in [4.78, 5) is 30.1. The molecule has 1 unspecified atom stereocenters. The minimum atomic E-state index is -0.723. The molecule has 20 heavy (non-hydrogen) atoms. The van der Waals surface area contributed by atoms with Gasteiger partial charge in [-0.05, 0) is 0 Å². The van der Waals surface area contributed by atoms with Gasteiger partial charge in [0.05, 0.1) is 38.2 Å². The third-order valence-corrected chi connectivity index (χ3v) is 1.71. The SMILES string of the molecule is C=CC(=O)OCC(COOCCC#N)OOCCC#N. The number of nitrogens with zero attached hydrogens (tertiary/aromatic N) is 2. The number of ether oxygens (including phenoxy) is 1. The quantitative estimate of drug-likeness (QED) is 0.170. The van der Waals surface area contributed by atoms with Crippen LogP contribution in [0.2, 0.25) is 0 Å². The Morgan fingerprint density at radius 1 is 1.10 bits per heavy atom. The highest BCUT2D eigenvalue weighted by Gasteiger charge is 2.14. The summed E-state index contributed by atoms with van der Waals surface area (Å²) in [7, 11) is 0. The number of nitriles is 2. The molecule has 0 rings (SSSR count). The van der Waals surface area contributed by atoms with Crippen LogP contribution in [0.5, 0.6) is 0 Å². The van der Waals surface area contributed by atoms with Gasteiger partial charge in [0, 0.05) is 6.08 Å². The molecule has 0 fully saturated rings. The smallest absolute Gasteiger partial charge is 0.330 e. The molecular weight excluding hydrogens is 268 g/mol. The number of carbonyl (C=O) groups is 1. The first-order valence-corrected chi connectivity index (χ1v) is 5.80. The van der Waals surface area contributed by atoms with Gasteiger partial charge in [-0.2, -0.15) is 10.5 Å². The molecule has 0 bridgehead atoms. The van der Waals surface area contributed by atoms with Gasteiger partial charge in [0.1, 0.15) is 13.2 Å². The topological polar surface area (TPSA) is 111 Å². The van der Waals surface area contributed by atoms with Crippen molar-refractivity contribution in [1.29, 1.82) is 10.5 Å². The fourth-order valence-electron chi connectivity index (χ4n) is 0.840. The van der Waals surface area contributed by atoms with Crippen molar-refractivity contribution in [2.24, 2.45) is 0 Å². The van der Waals surface area contributed by atoms with E-state index in [1.807, 2.05) is 12.1 Å². The molecule has 0 aliphatic rings.